The van der Waals surface area contributed by atoms with Crippen LogP contribution in [0.15, 0.2) is 24.3 Å². The van der Waals surface area contributed by atoms with Gasteiger partial charge in [0.15, 0.2) is 0 Å². The van der Waals surface area contributed by atoms with Gasteiger partial charge in [-0.25, -0.2) is 4.68 Å². The zero-order valence-electron chi connectivity index (χ0n) is 13.5. The molecule has 1 N–H and O–H groups in total. The van der Waals surface area contributed by atoms with E-state index in [0.29, 0.717) is 5.56 Å². The maximum atomic E-state index is 8.97. The maximum absolute atomic E-state index is 8.97. The number of hydrogen-bond acceptors (Lipinski definition) is 3. The number of benzene rings is 1. The highest BCUT2D eigenvalue weighted by Gasteiger charge is 2.28. The second-order valence-electron chi connectivity index (χ2n) is 6.84. The Hall–Kier alpha value is -2.12. The van der Waals surface area contributed by atoms with Gasteiger partial charge in [0, 0.05) is 18.4 Å². The Kier molecular flexibility index (Phi) is 3.76. The van der Waals surface area contributed by atoms with Crippen molar-refractivity contribution in [1.29, 1.82) is 5.26 Å². The van der Waals surface area contributed by atoms with Gasteiger partial charge in [-0.1, -0.05) is 20.8 Å². The second kappa shape index (κ2) is 5.58. The van der Waals surface area contributed by atoms with Crippen LogP contribution < -0.4 is 5.32 Å². The summed E-state index contributed by atoms with van der Waals surface area (Å²) in [5, 5.41) is 17.3. The first kappa shape index (κ1) is 14.8. The van der Waals surface area contributed by atoms with Gasteiger partial charge in [0.1, 0.15) is 0 Å². The van der Waals surface area contributed by atoms with Gasteiger partial charge in [0.2, 0.25) is 0 Å². The van der Waals surface area contributed by atoms with Crippen molar-refractivity contribution in [2.75, 3.05) is 13.1 Å². The lowest BCUT2D eigenvalue weighted by atomic mass is 9.87. The molecule has 1 aromatic carbocycles. The van der Waals surface area contributed by atoms with E-state index in [1.807, 2.05) is 24.3 Å². The van der Waals surface area contributed by atoms with Crippen LogP contribution in [0.2, 0.25) is 0 Å². The fourth-order valence-electron chi connectivity index (χ4n) is 3.14. The summed E-state index contributed by atoms with van der Waals surface area (Å²) in [6.07, 6.45) is 2.00. The van der Waals surface area contributed by atoms with Crippen molar-refractivity contribution in [3.05, 3.63) is 46.8 Å². The standard InChI is InChI=1S/C18H22N4/c1-18(2,3)17-15-8-10-20-11-9-16(15)21-22(17)14-6-4-13(12-19)5-7-14/h4-7,20H,8-11H2,1-3H3. The highest BCUT2D eigenvalue weighted by Crippen LogP contribution is 2.31. The van der Waals surface area contributed by atoms with Crippen molar-refractivity contribution in [3.63, 3.8) is 0 Å². The molecular weight excluding hydrogens is 272 g/mol. The third-order valence-corrected chi connectivity index (χ3v) is 4.11. The predicted octanol–water partition coefficient (Wildman–Crippen LogP) is 2.73. The molecule has 1 aliphatic heterocycles. The van der Waals surface area contributed by atoms with E-state index >= 15 is 0 Å². The Balaban J connectivity index is 2.16. The predicted molar refractivity (Wildman–Crippen MR) is 87.3 cm³/mol. The number of fused-ring (bicyclic) bond motifs is 1. The van der Waals surface area contributed by atoms with Crippen LogP contribution in [-0.2, 0) is 18.3 Å². The molecule has 0 atom stereocenters. The average Bonchev–Trinajstić information content (AvgIpc) is 2.72. The third-order valence-electron chi connectivity index (χ3n) is 4.11. The molecular formula is C18H22N4. The summed E-state index contributed by atoms with van der Waals surface area (Å²) in [4.78, 5) is 0. The summed E-state index contributed by atoms with van der Waals surface area (Å²) in [5.74, 6) is 0. The molecule has 0 radical (unpaired) electrons. The molecule has 0 fully saturated rings. The van der Waals surface area contributed by atoms with Crippen molar-refractivity contribution in [2.24, 2.45) is 0 Å². The van der Waals surface area contributed by atoms with E-state index in [-0.39, 0.29) is 5.41 Å². The van der Waals surface area contributed by atoms with Crippen LogP contribution in [0.1, 0.15) is 43.3 Å². The summed E-state index contributed by atoms with van der Waals surface area (Å²) in [7, 11) is 0. The lowest BCUT2D eigenvalue weighted by molar-refractivity contribution is 0.535. The number of nitrogens with one attached hydrogen (secondary N) is 1. The zero-order chi connectivity index (χ0) is 15.7. The van der Waals surface area contributed by atoms with Crippen LogP contribution in [0.25, 0.3) is 5.69 Å². The minimum absolute atomic E-state index is 0.0266. The fraction of sp³-hybridized carbons (Fsp3) is 0.444. The highest BCUT2D eigenvalue weighted by atomic mass is 15.3. The monoisotopic (exact) mass is 294 g/mol. The molecule has 4 nitrogen and oxygen atoms in total. The van der Waals surface area contributed by atoms with E-state index in [0.717, 1.165) is 31.6 Å². The molecule has 2 heterocycles. The first-order chi connectivity index (χ1) is 10.5. The second-order valence-corrected chi connectivity index (χ2v) is 6.84. The lowest BCUT2D eigenvalue weighted by Crippen LogP contribution is -2.21. The van der Waals surface area contributed by atoms with Crippen LogP contribution >= 0.6 is 0 Å². The SMILES string of the molecule is CC(C)(C)c1c2c(nn1-c1ccc(C#N)cc1)CCNCC2. The molecule has 2 aromatic rings. The van der Waals surface area contributed by atoms with Crippen LogP contribution in [0.4, 0.5) is 0 Å². The molecule has 0 spiro atoms. The van der Waals surface area contributed by atoms with Crippen molar-refractivity contribution < 1.29 is 0 Å². The average molecular weight is 294 g/mol. The van der Waals surface area contributed by atoms with Crippen molar-refractivity contribution in [3.8, 4) is 11.8 Å². The molecule has 4 heteroatoms. The molecule has 1 aliphatic rings. The smallest absolute Gasteiger partial charge is 0.0991 e. The van der Waals surface area contributed by atoms with Crippen molar-refractivity contribution in [2.45, 2.75) is 39.0 Å². The van der Waals surface area contributed by atoms with Crippen LogP contribution in [0.3, 0.4) is 0 Å². The normalized spacial score (nSPS) is 15.0. The van der Waals surface area contributed by atoms with E-state index in [1.165, 1.54) is 17.0 Å². The van der Waals surface area contributed by atoms with Gasteiger partial charge in [-0.15, -0.1) is 0 Å². The quantitative estimate of drug-likeness (QED) is 0.880. The molecule has 3 rings (SSSR count). The maximum Gasteiger partial charge on any atom is 0.0991 e. The number of nitrogens with zero attached hydrogens (tertiary/aromatic N) is 3. The molecule has 0 saturated carbocycles. The molecule has 0 aliphatic carbocycles. The zero-order valence-corrected chi connectivity index (χ0v) is 13.5. The Labute approximate surface area is 131 Å². The third kappa shape index (κ3) is 2.65. The van der Waals surface area contributed by atoms with Crippen molar-refractivity contribution >= 4 is 0 Å². The van der Waals surface area contributed by atoms with E-state index < -0.39 is 0 Å². The Morgan fingerprint density at radius 2 is 1.82 bits per heavy atom. The van der Waals surface area contributed by atoms with Crippen LogP contribution in [-0.4, -0.2) is 22.9 Å². The number of aromatic nitrogens is 2. The number of hydrogen-bond donors (Lipinski definition) is 1. The molecule has 0 saturated heterocycles. The largest absolute Gasteiger partial charge is 0.316 e. The first-order valence-corrected chi connectivity index (χ1v) is 7.83. The summed E-state index contributed by atoms with van der Waals surface area (Å²) in [6.45, 7) is 8.71. The van der Waals surface area contributed by atoms with Gasteiger partial charge >= 0.3 is 0 Å². The molecule has 0 amide bonds. The molecule has 114 valence electrons. The molecule has 1 aromatic heterocycles. The lowest BCUT2D eigenvalue weighted by Gasteiger charge is -2.22. The Morgan fingerprint density at radius 1 is 1.14 bits per heavy atom. The summed E-state index contributed by atoms with van der Waals surface area (Å²) in [5.41, 5.74) is 5.62. The van der Waals surface area contributed by atoms with Gasteiger partial charge in [-0.2, -0.15) is 10.4 Å². The summed E-state index contributed by atoms with van der Waals surface area (Å²) in [6, 6.07) is 9.85. The minimum atomic E-state index is 0.0266. The van der Waals surface area contributed by atoms with Gasteiger partial charge in [0.25, 0.3) is 0 Å². The Morgan fingerprint density at radius 3 is 2.45 bits per heavy atom. The summed E-state index contributed by atoms with van der Waals surface area (Å²) >= 11 is 0. The molecule has 0 bridgehead atoms. The first-order valence-electron chi connectivity index (χ1n) is 7.83. The minimum Gasteiger partial charge on any atom is -0.316 e. The number of nitriles is 1. The molecule has 22 heavy (non-hydrogen) atoms. The van der Waals surface area contributed by atoms with Gasteiger partial charge < -0.3 is 5.32 Å². The fourth-order valence-corrected chi connectivity index (χ4v) is 3.14. The Bertz CT molecular complexity index is 711. The van der Waals surface area contributed by atoms with E-state index in [4.69, 9.17) is 10.4 Å². The van der Waals surface area contributed by atoms with E-state index in [2.05, 4.69) is 36.8 Å². The van der Waals surface area contributed by atoms with Crippen LogP contribution in [0, 0.1) is 11.3 Å². The van der Waals surface area contributed by atoms with E-state index in [9.17, 15) is 0 Å². The molecule has 0 unspecified atom stereocenters. The van der Waals surface area contributed by atoms with Gasteiger partial charge in [0.05, 0.1) is 28.7 Å². The van der Waals surface area contributed by atoms with E-state index in [1.54, 1.807) is 0 Å². The highest BCUT2D eigenvalue weighted by molar-refractivity contribution is 5.44. The topological polar surface area (TPSA) is 53.6 Å². The number of rotatable bonds is 1. The van der Waals surface area contributed by atoms with Crippen molar-refractivity contribution in [1.82, 2.24) is 15.1 Å². The summed E-state index contributed by atoms with van der Waals surface area (Å²) < 4.78 is 2.08. The van der Waals surface area contributed by atoms with Gasteiger partial charge in [-0.3, -0.25) is 0 Å². The van der Waals surface area contributed by atoms with Gasteiger partial charge in [-0.05, 0) is 42.8 Å². The van der Waals surface area contributed by atoms with Crippen LogP contribution in [0.5, 0.6) is 0 Å².